The fourth-order valence-corrected chi connectivity index (χ4v) is 3.87. The molecule has 0 unspecified atom stereocenters. The van der Waals surface area contributed by atoms with Crippen molar-refractivity contribution in [2.24, 2.45) is 0 Å². The van der Waals surface area contributed by atoms with Crippen LogP contribution in [-0.4, -0.2) is 21.0 Å². The van der Waals surface area contributed by atoms with Crippen molar-refractivity contribution in [3.05, 3.63) is 28.2 Å². The third-order valence-electron chi connectivity index (χ3n) is 3.00. The van der Waals surface area contributed by atoms with Crippen molar-refractivity contribution in [1.29, 1.82) is 0 Å². The van der Waals surface area contributed by atoms with Gasteiger partial charge >= 0.3 is 0 Å². The average Bonchev–Trinajstić information content (AvgIpc) is 3.19. The molecule has 1 aromatic carbocycles. The smallest absolute Gasteiger partial charge is 0.241 e. The molecule has 1 fully saturated rings. The maximum absolute atomic E-state index is 12.2. The fourth-order valence-electron chi connectivity index (χ4n) is 1.73. The Balaban J connectivity index is 2.15. The van der Waals surface area contributed by atoms with Gasteiger partial charge in [0.05, 0.1) is 4.90 Å². The van der Waals surface area contributed by atoms with Crippen LogP contribution in [0.15, 0.2) is 27.6 Å². The molecule has 0 aromatic heterocycles. The second-order valence-electron chi connectivity index (χ2n) is 4.82. The third-order valence-corrected chi connectivity index (χ3v) is 5.45. The Kier molecular flexibility index (Phi) is 5.00. The number of rotatable bonds is 7. The Morgan fingerprint density at radius 2 is 2.11 bits per heavy atom. The van der Waals surface area contributed by atoms with Gasteiger partial charge in [-0.15, -0.1) is 0 Å². The summed E-state index contributed by atoms with van der Waals surface area (Å²) in [7, 11) is -3.42. The number of benzene rings is 1. The summed E-state index contributed by atoms with van der Waals surface area (Å²) in [5.74, 6) is 0. The molecule has 1 aliphatic rings. The summed E-state index contributed by atoms with van der Waals surface area (Å²) in [6, 6.07) is 6.09. The predicted molar refractivity (Wildman–Crippen MR) is 79.5 cm³/mol. The first-order valence-electron chi connectivity index (χ1n) is 6.54. The maximum Gasteiger partial charge on any atom is 0.241 e. The van der Waals surface area contributed by atoms with E-state index in [1.54, 1.807) is 12.1 Å². The van der Waals surface area contributed by atoms with Crippen LogP contribution >= 0.6 is 15.9 Å². The summed E-state index contributed by atoms with van der Waals surface area (Å²) < 4.78 is 27.5. The van der Waals surface area contributed by atoms with Gasteiger partial charge in [0.15, 0.2) is 0 Å². The second-order valence-corrected chi connectivity index (χ2v) is 7.41. The lowest BCUT2D eigenvalue weighted by Crippen LogP contribution is -2.25. The third kappa shape index (κ3) is 4.27. The van der Waals surface area contributed by atoms with Gasteiger partial charge < -0.3 is 5.32 Å². The largest absolute Gasteiger partial charge is 0.310 e. The molecule has 6 heteroatoms. The van der Waals surface area contributed by atoms with Crippen molar-refractivity contribution < 1.29 is 8.42 Å². The monoisotopic (exact) mass is 346 g/mol. The molecule has 1 saturated carbocycles. The summed E-state index contributed by atoms with van der Waals surface area (Å²) in [4.78, 5) is 0.316. The quantitative estimate of drug-likeness (QED) is 0.796. The van der Waals surface area contributed by atoms with Crippen molar-refractivity contribution >= 4 is 26.0 Å². The Morgan fingerprint density at radius 1 is 1.37 bits per heavy atom. The van der Waals surface area contributed by atoms with Crippen molar-refractivity contribution in [3.63, 3.8) is 0 Å². The number of hydrogen-bond donors (Lipinski definition) is 2. The molecular formula is C13H19BrN2O2S. The van der Waals surface area contributed by atoms with E-state index in [9.17, 15) is 8.42 Å². The summed E-state index contributed by atoms with van der Waals surface area (Å²) in [6.45, 7) is 3.11. The first kappa shape index (κ1) is 15.0. The molecule has 0 saturated heterocycles. The SMILES string of the molecule is CCCNS(=O)(=O)c1cc(CNC2CC2)ccc1Br. The standard InChI is InChI=1S/C13H19BrN2O2S/c1-2-7-16-19(17,18)13-8-10(3-6-12(13)14)9-15-11-4-5-11/h3,6,8,11,15-16H,2,4-5,7,9H2,1H3. The van der Waals surface area contributed by atoms with E-state index in [1.807, 2.05) is 13.0 Å². The van der Waals surface area contributed by atoms with Crippen LogP contribution in [0.25, 0.3) is 0 Å². The molecule has 0 spiro atoms. The lowest BCUT2D eigenvalue weighted by Gasteiger charge is -2.10. The van der Waals surface area contributed by atoms with Crippen LogP contribution in [0.4, 0.5) is 0 Å². The van der Waals surface area contributed by atoms with Gasteiger partial charge in [0.25, 0.3) is 0 Å². The van der Waals surface area contributed by atoms with Crippen LogP contribution in [0, 0.1) is 0 Å². The van der Waals surface area contributed by atoms with E-state index >= 15 is 0 Å². The first-order chi connectivity index (χ1) is 9.03. The van der Waals surface area contributed by atoms with Crippen LogP contribution < -0.4 is 10.0 Å². The zero-order valence-electron chi connectivity index (χ0n) is 10.9. The van der Waals surface area contributed by atoms with E-state index < -0.39 is 10.0 Å². The van der Waals surface area contributed by atoms with Crippen molar-refractivity contribution in [1.82, 2.24) is 10.0 Å². The molecule has 1 aromatic rings. The van der Waals surface area contributed by atoms with E-state index in [-0.39, 0.29) is 0 Å². The Labute approximate surface area is 123 Å². The number of hydrogen-bond acceptors (Lipinski definition) is 3. The van der Waals surface area contributed by atoms with Crippen molar-refractivity contribution in [2.75, 3.05) is 6.54 Å². The van der Waals surface area contributed by atoms with Crippen LogP contribution in [0.2, 0.25) is 0 Å². The van der Waals surface area contributed by atoms with E-state index in [0.29, 0.717) is 28.5 Å². The molecule has 2 rings (SSSR count). The molecular weight excluding hydrogens is 328 g/mol. The highest BCUT2D eigenvalue weighted by Gasteiger charge is 2.21. The summed E-state index contributed by atoms with van der Waals surface area (Å²) in [5, 5.41) is 3.38. The minimum Gasteiger partial charge on any atom is -0.310 e. The lowest BCUT2D eigenvalue weighted by molar-refractivity contribution is 0.580. The molecule has 0 bridgehead atoms. The summed E-state index contributed by atoms with van der Waals surface area (Å²) >= 11 is 3.31. The lowest BCUT2D eigenvalue weighted by atomic mass is 10.2. The summed E-state index contributed by atoms with van der Waals surface area (Å²) in [5.41, 5.74) is 0.993. The molecule has 106 valence electrons. The molecule has 0 heterocycles. The van der Waals surface area contributed by atoms with Gasteiger partial charge in [-0.2, -0.15) is 0 Å². The zero-order chi connectivity index (χ0) is 13.9. The molecule has 0 aliphatic heterocycles. The van der Waals surface area contributed by atoms with E-state index in [1.165, 1.54) is 12.8 Å². The van der Waals surface area contributed by atoms with Gasteiger partial charge in [-0.1, -0.05) is 13.0 Å². The van der Waals surface area contributed by atoms with Gasteiger partial charge in [0.1, 0.15) is 0 Å². The molecule has 19 heavy (non-hydrogen) atoms. The van der Waals surface area contributed by atoms with Gasteiger partial charge in [0.2, 0.25) is 10.0 Å². The average molecular weight is 347 g/mol. The van der Waals surface area contributed by atoms with Gasteiger partial charge in [-0.3, -0.25) is 0 Å². The zero-order valence-corrected chi connectivity index (χ0v) is 13.4. The molecule has 0 amide bonds. The number of halogens is 1. The Morgan fingerprint density at radius 3 is 2.74 bits per heavy atom. The molecule has 0 radical (unpaired) electrons. The molecule has 1 aliphatic carbocycles. The minimum atomic E-state index is -3.42. The molecule has 4 nitrogen and oxygen atoms in total. The van der Waals surface area contributed by atoms with Gasteiger partial charge in [0, 0.05) is 23.6 Å². The van der Waals surface area contributed by atoms with E-state index in [2.05, 4.69) is 26.0 Å². The predicted octanol–water partition coefficient (Wildman–Crippen LogP) is 2.39. The van der Waals surface area contributed by atoms with Gasteiger partial charge in [-0.05, 0) is 52.9 Å². The Bertz CT molecular complexity index is 542. The number of sulfonamides is 1. The first-order valence-corrected chi connectivity index (χ1v) is 8.82. The highest BCUT2D eigenvalue weighted by atomic mass is 79.9. The molecule has 2 N–H and O–H groups in total. The minimum absolute atomic E-state index is 0.316. The maximum atomic E-state index is 12.2. The van der Waals surface area contributed by atoms with Crippen LogP contribution in [0.3, 0.4) is 0 Å². The van der Waals surface area contributed by atoms with E-state index in [4.69, 9.17) is 0 Å². The highest BCUT2D eigenvalue weighted by Crippen LogP contribution is 2.24. The highest BCUT2D eigenvalue weighted by molar-refractivity contribution is 9.10. The Hall–Kier alpha value is -0.430. The fraction of sp³-hybridized carbons (Fsp3) is 0.538. The van der Waals surface area contributed by atoms with Crippen LogP contribution in [-0.2, 0) is 16.6 Å². The van der Waals surface area contributed by atoms with Gasteiger partial charge in [-0.25, -0.2) is 13.1 Å². The van der Waals surface area contributed by atoms with Crippen molar-refractivity contribution in [3.8, 4) is 0 Å². The normalized spacial score (nSPS) is 15.7. The topological polar surface area (TPSA) is 58.2 Å². The van der Waals surface area contributed by atoms with Crippen LogP contribution in [0.5, 0.6) is 0 Å². The van der Waals surface area contributed by atoms with Crippen LogP contribution in [0.1, 0.15) is 31.7 Å². The summed E-state index contributed by atoms with van der Waals surface area (Å²) in [6.07, 6.45) is 3.22. The van der Waals surface area contributed by atoms with E-state index in [0.717, 1.165) is 12.0 Å². The molecule has 0 atom stereocenters. The second kappa shape index (κ2) is 6.35. The van der Waals surface area contributed by atoms with Crippen molar-refractivity contribution in [2.45, 2.75) is 43.7 Å². The number of nitrogens with one attached hydrogen (secondary N) is 2.